The second kappa shape index (κ2) is 6.04. The molecule has 0 bridgehead atoms. The summed E-state index contributed by atoms with van der Waals surface area (Å²) >= 11 is 7.53. The fourth-order valence-electron chi connectivity index (χ4n) is 1.68. The molecule has 0 atom stereocenters. The van der Waals surface area contributed by atoms with E-state index in [0.29, 0.717) is 5.02 Å². The molecule has 2 rings (SSSR count). The van der Waals surface area contributed by atoms with E-state index in [-0.39, 0.29) is 5.97 Å². The number of halogens is 1. The summed E-state index contributed by atoms with van der Waals surface area (Å²) in [4.78, 5) is 13.7. The van der Waals surface area contributed by atoms with Crippen LogP contribution in [0.3, 0.4) is 0 Å². The maximum absolute atomic E-state index is 11.5. The smallest absolute Gasteiger partial charge is 0.331 e. The quantitative estimate of drug-likeness (QED) is 0.622. The highest BCUT2D eigenvalue weighted by Crippen LogP contribution is 2.30. The van der Waals surface area contributed by atoms with Gasteiger partial charge in [0.2, 0.25) is 0 Å². The number of hydrogen-bond donors (Lipinski definition) is 0. The number of rotatable bonds is 3. The van der Waals surface area contributed by atoms with Gasteiger partial charge in [-0.3, -0.25) is 0 Å². The highest BCUT2D eigenvalue weighted by atomic mass is 35.5. The molecule has 0 aliphatic rings. The average Bonchev–Trinajstić information content (AvgIpc) is 2.83. The van der Waals surface area contributed by atoms with Crippen molar-refractivity contribution in [2.75, 3.05) is 7.11 Å². The number of ether oxygens (including phenoxy) is 1. The number of carbonyl (C=O) groups excluding carboxylic acids is 1. The van der Waals surface area contributed by atoms with Gasteiger partial charge in [-0.1, -0.05) is 23.7 Å². The molecule has 2 aromatic rings. The van der Waals surface area contributed by atoms with E-state index in [0.717, 1.165) is 16.0 Å². The Morgan fingerprint density at radius 2 is 1.89 bits per heavy atom. The van der Waals surface area contributed by atoms with E-state index in [4.69, 9.17) is 16.3 Å². The van der Waals surface area contributed by atoms with E-state index < -0.39 is 0 Å². The minimum atomic E-state index is -0.365. The lowest BCUT2D eigenvalue weighted by atomic mass is 10.0. The maximum atomic E-state index is 11.5. The molecule has 0 saturated carbocycles. The van der Waals surface area contributed by atoms with Crippen molar-refractivity contribution in [3.05, 3.63) is 62.8 Å². The highest BCUT2D eigenvalue weighted by Gasteiger charge is 2.10. The van der Waals surface area contributed by atoms with Crippen molar-refractivity contribution in [2.24, 2.45) is 0 Å². The molecule has 2 nitrogen and oxygen atoms in total. The molecule has 0 aliphatic heterocycles. The van der Waals surface area contributed by atoms with Crippen LogP contribution < -0.4 is 0 Å². The van der Waals surface area contributed by atoms with Crippen molar-refractivity contribution >= 4 is 34.5 Å². The number of esters is 1. The maximum Gasteiger partial charge on any atom is 0.331 e. The molecule has 19 heavy (non-hydrogen) atoms. The number of carbonyl (C=O) groups is 1. The van der Waals surface area contributed by atoms with Crippen LogP contribution in [0.1, 0.15) is 15.3 Å². The van der Waals surface area contributed by atoms with Gasteiger partial charge >= 0.3 is 5.97 Å². The van der Waals surface area contributed by atoms with E-state index in [2.05, 4.69) is 0 Å². The average molecular weight is 293 g/mol. The fraction of sp³-hybridized carbons (Fsp3) is 0.133. The zero-order valence-electron chi connectivity index (χ0n) is 10.6. The van der Waals surface area contributed by atoms with Crippen LogP contribution in [0.2, 0.25) is 5.02 Å². The van der Waals surface area contributed by atoms with Gasteiger partial charge in [0.1, 0.15) is 0 Å². The summed E-state index contributed by atoms with van der Waals surface area (Å²) in [6.45, 7) is 2.03. The largest absolute Gasteiger partial charge is 0.466 e. The molecule has 0 amide bonds. The summed E-state index contributed by atoms with van der Waals surface area (Å²) in [6.07, 6.45) is 1.51. The van der Waals surface area contributed by atoms with Crippen LogP contribution in [0.25, 0.3) is 5.57 Å². The molecule has 0 unspecified atom stereocenters. The van der Waals surface area contributed by atoms with Crippen LogP contribution >= 0.6 is 22.9 Å². The Morgan fingerprint density at radius 1 is 1.21 bits per heavy atom. The lowest BCUT2D eigenvalue weighted by Crippen LogP contribution is -1.97. The Hall–Kier alpha value is -1.58. The Labute approximate surface area is 121 Å². The van der Waals surface area contributed by atoms with Crippen molar-refractivity contribution in [1.29, 1.82) is 0 Å². The zero-order chi connectivity index (χ0) is 13.8. The van der Waals surface area contributed by atoms with Gasteiger partial charge in [0.05, 0.1) is 7.11 Å². The normalized spacial score (nSPS) is 11.4. The van der Waals surface area contributed by atoms with E-state index in [9.17, 15) is 4.79 Å². The van der Waals surface area contributed by atoms with Gasteiger partial charge in [-0.05, 0) is 36.8 Å². The Balaban J connectivity index is 2.48. The molecule has 0 spiro atoms. The van der Waals surface area contributed by atoms with Crippen molar-refractivity contribution in [3.8, 4) is 0 Å². The molecule has 98 valence electrons. The lowest BCUT2D eigenvalue weighted by molar-refractivity contribution is -0.134. The van der Waals surface area contributed by atoms with E-state index >= 15 is 0 Å². The Morgan fingerprint density at radius 3 is 2.42 bits per heavy atom. The third-order valence-electron chi connectivity index (χ3n) is 2.62. The summed E-state index contributed by atoms with van der Waals surface area (Å²) in [6, 6.07) is 11.4. The van der Waals surface area contributed by atoms with Crippen molar-refractivity contribution in [1.82, 2.24) is 0 Å². The molecule has 0 radical (unpaired) electrons. The van der Waals surface area contributed by atoms with Crippen LogP contribution in [-0.2, 0) is 9.53 Å². The summed E-state index contributed by atoms with van der Waals surface area (Å²) < 4.78 is 4.72. The summed E-state index contributed by atoms with van der Waals surface area (Å²) in [5.74, 6) is -0.365. The second-order valence-electron chi connectivity index (χ2n) is 4.00. The number of benzene rings is 1. The first-order valence-electron chi connectivity index (χ1n) is 5.72. The summed E-state index contributed by atoms with van der Waals surface area (Å²) in [5.41, 5.74) is 1.79. The highest BCUT2D eigenvalue weighted by molar-refractivity contribution is 7.13. The van der Waals surface area contributed by atoms with Crippen molar-refractivity contribution < 1.29 is 9.53 Å². The Bertz CT molecular complexity index is 611. The first-order chi connectivity index (χ1) is 9.10. The summed E-state index contributed by atoms with van der Waals surface area (Å²) in [5, 5.41) is 0.670. The van der Waals surface area contributed by atoms with E-state index in [1.165, 1.54) is 18.1 Å². The minimum absolute atomic E-state index is 0.365. The number of thiophene rings is 1. The van der Waals surface area contributed by atoms with Crippen LogP contribution in [0.5, 0.6) is 0 Å². The van der Waals surface area contributed by atoms with Crippen LogP contribution in [0, 0.1) is 6.92 Å². The molecule has 1 aromatic carbocycles. The predicted molar refractivity (Wildman–Crippen MR) is 79.6 cm³/mol. The van der Waals surface area contributed by atoms with Gasteiger partial charge < -0.3 is 4.74 Å². The number of methoxy groups -OCH3 is 1. The zero-order valence-corrected chi connectivity index (χ0v) is 12.2. The van der Waals surface area contributed by atoms with Crippen molar-refractivity contribution in [2.45, 2.75) is 6.92 Å². The lowest BCUT2D eigenvalue weighted by Gasteiger charge is -2.05. The van der Waals surface area contributed by atoms with Crippen LogP contribution in [0.15, 0.2) is 42.5 Å². The number of hydrogen-bond acceptors (Lipinski definition) is 3. The molecule has 0 fully saturated rings. The molecule has 1 aromatic heterocycles. The van der Waals surface area contributed by atoms with Gasteiger partial charge in [0.15, 0.2) is 0 Å². The standard InChI is InChI=1S/C15H13ClO2S/c1-10-3-8-14(19-10)13(9-15(17)18-2)11-4-6-12(16)7-5-11/h3-9H,1-2H3/b13-9+. The van der Waals surface area contributed by atoms with Gasteiger partial charge in [-0.25, -0.2) is 4.79 Å². The van der Waals surface area contributed by atoms with Gasteiger partial charge in [-0.15, -0.1) is 11.3 Å². The van der Waals surface area contributed by atoms with Crippen molar-refractivity contribution in [3.63, 3.8) is 0 Å². The van der Waals surface area contributed by atoms with Crippen LogP contribution in [-0.4, -0.2) is 13.1 Å². The topological polar surface area (TPSA) is 26.3 Å². The molecular weight excluding hydrogens is 280 g/mol. The molecule has 1 heterocycles. The fourth-order valence-corrected chi connectivity index (χ4v) is 2.71. The van der Waals surface area contributed by atoms with E-state index in [1.807, 2.05) is 43.3 Å². The molecule has 4 heteroatoms. The molecule has 0 N–H and O–H groups in total. The minimum Gasteiger partial charge on any atom is -0.466 e. The number of aryl methyl sites for hydroxylation is 1. The predicted octanol–water partition coefficient (Wildman–Crippen LogP) is 4.31. The van der Waals surface area contributed by atoms with Gasteiger partial charge in [0, 0.05) is 26.4 Å². The SMILES string of the molecule is COC(=O)/C=C(\c1ccc(Cl)cc1)c1ccc(C)s1. The molecular formula is C15H13ClO2S. The monoisotopic (exact) mass is 292 g/mol. The summed E-state index contributed by atoms with van der Waals surface area (Å²) in [7, 11) is 1.37. The first kappa shape index (κ1) is 13.8. The third kappa shape index (κ3) is 3.46. The Kier molecular flexibility index (Phi) is 4.40. The van der Waals surface area contributed by atoms with E-state index in [1.54, 1.807) is 11.3 Å². The third-order valence-corrected chi connectivity index (χ3v) is 3.91. The van der Waals surface area contributed by atoms with Crippen LogP contribution in [0.4, 0.5) is 0 Å². The van der Waals surface area contributed by atoms with Gasteiger partial charge in [0.25, 0.3) is 0 Å². The first-order valence-corrected chi connectivity index (χ1v) is 6.92. The molecule has 0 aliphatic carbocycles. The molecule has 0 saturated heterocycles. The van der Waals surface area contributed by atoms with Gasteiger partial charge in [-0.2, -0.15) is 0 Å². The second-order valence-corrected chi connectivity index (χ2v) is 5.72.